The second-order valence-corrected chi connectivity index (χ2v) is 5.07. The van der Waals surface area contributed by atoms with E-state index in [1.165, 1.54) is 0 Å². The van der Waals surface area contributed by atoms with Crippen LogP contribution in [0.2, 0.25) is 0 Å². The number of pyridine rings is 1. The fraction of sp³-hybridized carbons (Fsp3) is 0.429. The van der Waals surface area contributed by atoms with Crippen LogP contribution in [0.25, 0.3) is 6.08 Å². The second-order valence-electron chi connectivity index (χ2n) is 5.07. The van der Waals surface area contributed by atoms with E-state index >= 15 is 0 Å². The molecule has 0 atom stereocenters. The summed E-state index contributed by atoms with van der Waals surface area (Å²) in [7, 11) is 0. The molecule has 1 rings (SSSR count). The molecule has 0 unspecified atom stereocenters. The summed E-state index contributed by atoms with van der Waals surface area (Å²) in [5, 5.41) is 11.6. The number of alkyl carbamates (subject to hydrolysis) is 1. The molecule has 0 fully saturated rings. The first-order valence-corrected chi connectivity index (χ1v) is 6.09. The highest BCUT2D eigenvalue weighted by Gasteiger charge is 2.14. The maximum absolute atomic E-state index is 11.4. The van der Waals surface area contributed by atoms with Gasteiger partial charge in [0.1, 0.15) is 5.60 Å². The Morgan fingerprint density at radius 2 is 2.21 bits per heavy atom. The zero-order valence-corrected chi connectivity index (χ0v) is 11.5. The molecule has 0 saturated heterocycles. The summed E-state index contributed by atoms with van der Waals surface area (Å²) < 4.78 is 5.10. The number of aromatic nitrogens is 1. The number of nitrogens with zero attached hydrogens (tertiary/aromatic N) is 1. The smallest absolute Gasteiger partial charge is 0.407 e. The normalized spacial score (nSPS) is 11.6. The van der Waals surface area contributed by atoms with E-state index in [1.807, 2.05) is 32.9 Å². The van der Waals surface area contributed by atoms with Crippen molar-refractivity contribution in [1.29, 1.82) is 0 Å². The van der Waals surface area contributed by atoms with Gasteiger partial charge in [-0.15, -0.1) is 0 Å². The van der Waals surface area contributed by atoms with Crippen LogP contribution in [0.4, 0.5) is 4.79 Å². The summed E-state index contributed by atoms with van der Waals surface area (Å²) >= 11 is 0. The van der Waals surface area contributed by atoms with Crippen molar-refractivity contribution in [3.63, 3.8) is 0 Å². The lowest BCUT2D eigenvalue weighted by Crippen LogP contribution is -2.32. The van der Waals surface area contributed by atoms with Gasteiger partial charge in [0.05, 0.1) is 6.61 Å². The molecular weight excluding hydrogens is 244 g/mol. The topological polar surface area (TPSA) is 71.5 Å². The zero-order chi connectivity index (χ0) is 14.3. The van der Waals surface area contributed by atoms with Gasteiger partial charge in [0, 0.05) is 18.9 Å². The lowest BCUT2D eigenvalue weighted by Gasteiger charge is -2.19. The van der Waals surface area contributed by atoms with Gasteiger partial charge < -0.3 is 15.2 Å². The molecule has 0 spiro atoms. The van der Waals surface area contributed by atoms with Crippen LogP contribution < -0.4 is 5.32 Å². The van der Waals surface area contributed by atoms with E-state index in [4.69, 9.17) is 9.84 Å². The molecule has 0 saturated carbocycles. The molecule has 1 aromatic heterocycles. The van der Waals surface area contributed by atoms with E-state index in [-0.39, 0.29) is 6.61 Å². The summed E-state index contributed by atoms with van der Waals surface area (Å²) in [6.45, 7) is 5.78. The molecule has 0 radical (unpaired) electrons. The van der Waals surface area contributed by atoms with Crippen molar-refractivity contribution in [3.05, 3.63) is 35.7 Å². The number of carbonyl (C=O) groups is 1. The van der Waals surface area contributed by atoms with E-state index in [1.54, 1.807) is 18.5 Å². The van der Waals surface area contributed by atoms with Gasteiger partial charge in [0.2, 0.25) is 0 Å². The van der Waals surface area contributed by atoms with E-state index < -0.39 is 11.7 Å². The second kappa shape index (κ2) is 6.89. The molecule has 0 aliphatic heterocycles. The number of hydrogen-bond donors (Lipinski definition) is 2. The molecule has 0 aromatic carbocycles. The molecule has 1 aromatic rings. The number of rotatable bonds is 4. The lowest BCUT2D eigenvalue weighted by molar-refractivity contribution is 0.0534. The molecule has 104 valence electrons. The van der Waals surface area contributed by atoms with Gasteiger partial charge >= 0.3 is 6.09 Å². The molecule has 5 nitrogen and oxygen atoms in total. The maximum atomic E-state index is 11.4. The molecule has 0 aliphatic rings. The van der Waals surface area contributed by atoms with Crippen LogP contribution >= 0.6 is 0 Å². The Morgan fingerprint density at radius 1 is 1.47 bits per heavy atom. The SMILES string of the molecule is CC(C)(C)OC(=O)NCC=Cc1cncc(CO)c1. The van der Waals surface area contributed by atoms with E-state index in [2.05, 4.69) is 10.3 Å². The summed E-state index contributed by atoms with van der Waals surface area (Å²) in [4.78, 5) is 15.4. The average molecular weight is 264 g/mol. The number of ether oxygens (including phenoxy) is 1. The summed E-state index contributed by atoms with van der Waals surface area (Å²) in [5.74, 6) is 0. The predicted octanol–water partition coefficient (Wildman–Crippen LogP) is 2.11. The highest BCUT2D eigenvalue weighted by Crippen LogP contribution is 2.06. The first-order valence-electron chi connectivity index (χ1n) is 6.09. The highest BCUT2D eigenvalue weighted by atomic mass is 16.6. The van der Waals surface area contributed by atoms with Gasteiger partial charge in [-0.1, -0.05) is 12.2 Å². The van der Waals surface area contributed by atoms with Crippen LogP contribution in [0, 0.1) is 0 Å². The van der Waals surface area contributed by atoms with Gasteiger partial charge in [0.15, 0.2) is 0 Å². The fourth-order valence-corrected chi connectivity index (χ4v) is 1.34. The minimum absolute atomic E-state index is 0.0369. The molecule has 0 aliphatic carbocycles. The van der Waals surface area contributed by atoms with Gasteiger partial charge in [-0.3, -0.25) is 4.98 Å². The van der Waals surface area contributed by atoms with Gasteiger partial charge in [-0.05, 0) is 38.0 Å². The minimum Gasteiger partial charge on any atom is -0.444 e. The van der Waals surface area contributed by atoms with Gasteiger partial charge in [0.25, 0.3) is 0 Å². The van der Waals surface area contributed by atoms with Crippen molar-refractivity contribution in [1.82, 2.24) is 10.3 Å². The summed E-state index contributed by atoms with van der Waals surface area (Å²) in [6.07, 6.45) is 6.46. The zero-order valence-electron chi connectivity index (χ0n) is 11.5. The fourth-order valence-electron chi connectivity index (χ4n) is 1.34. The Labute approximate surface area is 113 Å². The Morgan fingerprint density at radius 3 is 2.84 bits per heavy atom. The van der Waals surface area contributed by atoms with Crippen molar-refractivity contribution in [2.24, 2.45) is 0 Å². The number of carbonyl (C=O) groups excluding carboxylic acids is 1. The van der Waals surface area contributed by atoms with E-state index in [0.29, 0.717) is 6.54 Å². The van der Waals surface area contributed by atoms with Crippen LogP contribution in [0.3, 0.4) is 0 Å². The van der Waals surface area contributed by atoms with Crippen molar-refractivity contribution < 1.29 is 14.6 Å². The average Bonchev–Trinajstić information content (AvgIpc) is 2.33. The molecular formula is C14H20N2O3. The van der Waals surface area contributed by atoms with Gasteiger partial charge in [-0.25, -0.2) is 4.79 Å². The quantitative estimate of drug-likeness (QED) is 0.873. The molecule has 1 heterocycles. The molecule has 0 bridgehead atoms. The van der Waals surface area contributed by atoms with Crippen LogP contribution in [0.1, 0.15) is 31.9 Å². The molecule has 2 N–H and O–H groups in total. The third kappa shape index (κ3) is 6.57. The Balaban J connectivity index is 2.40. The molecule has 19 heavy (non-hydrogen) atoms. The largest absolute Gasteiger partial charge is 0.444 e. The maximum Gasteiger partial charge on any atom is 0.407 e. The van der Waals surface area contributed by atoms with Gasteiger partial charge in [-0.2, -0.15) is 0 Å². The summed E-state index contributed by atoms with van der Waals surface area (Å²) in [6, 6.07) is 1.83. The number of hydrogen-bond acceptors (Lipinski definition) is 4. The van der Waals surface area contributed by atoms with Crippen molar-refractivity contribution in [2.45, 2.75) is 33.0 Å². The lowest BCUT2D eigenvalue weighted by atomic mass is 10.2. The van der Waals surface area contributed by atoms with E-state index in [0.717, 1.165) is 11.1 Å². The number of aliphatic hydroxyl groups is 1. The molecule has 1 amide bonds. The first kappa shape index (κ1) is 15.2. The third-order valence-corrected chi connectivity index (χ3v) is 2.07. The third-order valence-electron chi connectivity index (χ3n) is 2.07. The van der Waals surface area contributed by atoms with E-state index in [9.17, 15) is 4.79 Å². The van der Waals surface area contributed by atoms with Crippen LogP contribution in [-0.2, 0) is 11.3 Å². The molecule has 5 heteroatoms. The monoisotopic (exact) mass is 264 g/mol. The minimum atomic E-state index is -0.493. The van der Waals surface area contributed by atoms with Crippen molar-refractivity contribution >= 4 is 12.2 Å². The Bertz CT molecular complexity index is 450. The number of nitrogens with one attached hydrogen (secondary N) is 1. The van der Waals surface area contributed by atoms with Crippen LogP contribution in [0.5, 0.6) is 0 Å². The summed E-state index contributed by atoms with van der Waals surface area (Å²) in [5.41, 5.74) is 1.13. The Kier molecular flexibility index (Phi) is 5.51. The van der Waals surface area contributed by atoms with Crippen LogP contribution in [0.15, 0.2) is 24.5 Å². The standard InChI is InChI=1S/C14H20N2O3/c1-14(2,3)19-13(18)16-6-4-5-11-7-12(10-17)9-15-8-11/h4-5,7-9,17H,6,10H2,1-3H3,(H,16,18). The number of amides is 1. The van der Waals surface area contributed by atoms with Crippen molar-refractivity contribution in [2.75, 3.05) is 6.54 Å². The van der Waals surface area contributed by atoms with Crippen molar-refractivity contribution in [3.8, 4) is 0 Å². The Hall–Kier alpha value is -1.88. The van der Waals surface area contributed by atoms with Crippen LogP contribution in [-0.4, -0.2) is 28.3 Å². The highest BCUT2D eigenvalue weighted by molar-refractivity contribution is 5.68. The predicted molar refractivity (Wildman–Crippen MR) is 73.4 cm³/mol. The first-order chi connectivity index (χ1) is 8.90. The number of aliphatic hydroxyl groups excluding tert-OH is 1.